The number of carbonyl (C=O) groups excluding carboxylic acids is 1. The highest BCUT2D eigenvalue weighted by molar-refractivity contribution is 7.08. The van der Waals surface area contributed by atoms with Crippen LogP contribution in [0.4, 0.5) is 0 Å². The molecule has 1 N–H and O–H groups in total. The first-order chi connectivity index (χ1) is 14.6. The standard InChI is InChI=1S/C21H24N4O4S/c26-18(14-25-19(22-29-21(25)28)16-5-2-1-3-6-16)13-23-8-4-9-24(11-10-23)20(27)17-7-12-30-15-17/h1-3,5-7,12,15,18,26H,4,8-11,13-14H2. The maximum atomic E-state index is 12.6. The third-order valence-corrected chi connectivity index (χ3v) is 5.91. The molecule has 0 radical (unpaired) electrons. The fourth-order valence-electron chi connectivity index (χ4n) is 3.72. The Morgan fingerprint density at radius 1 is 1.13 bits per heavy atom. The fourth-order valence-corrected chi connectivity index (χ4v) is 4.35. The van der Waals surface area contributed by atoms with Crippen molar-refractivity contribution in [2.75, 3.05) is 32.7 Å². The molecular weight excluding hydrogens is 404 g/mol. The molecule has 1 aliphatic heterocycles. The number of hydrogen-bond acceptors (Lipinski definition) is 7. The molecule has 3 heterocycles. The van der Waals surface area contributed by atoms with Gasteiger partial charge >= 0.3 is 5.76 Å². The normalized spacial score (nSPS) is 16.4. The van der Waals surface area contributed by atoms with Gasteiger partial charge in [0.25, 0.3) is 5.91 Å². The predicted molar refractivity (Wildman–Crippen MR) is 113 cm³/mol. The van der Waals surface area contributed by atoms with Crippen molar-refractivity contribution in [3.05, 3.63) is 63.3 Å². The number of hydrogen-bond donors (Lipinski definition) is 1. The molecule has 1 atom stereocenters. The lowest BCUT2D eigenvalue weighted by molar-refractivity contribution is 0.0750. The second-order valence-electron chi connectivity index (χ2n) is 7.36. The smallest absolute Gasteiger partial charge is 0.390 e. The molecule has 1 fully saturated rings. The molecule has 1 saturated heterocycles. The number of nitrogens with zero attached hydrogens (tertiary/aromatic N) is 4. The molecule has 0 saturated carbocycles. The van der Waals surface area contributed by atoms with Crippen LogP contribution in [0, 0.1) is 0 Å². The number of carbonyl (C=O) groups is 1. The van der Waals surface area contributed by atoms with Gasteiger partial charge in [0.1, 0.15) is 0 Å². The Labute approximate surface area is 177 Å². The molecule has 1 aliphatic rings. The molecule has 30 heavy (non-hydrogen) atoms. The van der Waals surface area contributed by atoms with Gasteiger partial charge in [0.2, 0.25) is 0 Å². The van der Waals surface area contributed by atoms with E-state index >= 15 is 0 Å². The molecule has 9 heteroatoms. The highest BCUT2D eigenvalue weighted by Gasteiger charge is 2.23. The average Bonchev–Trinajstić information content (AvgIpc) is 3.35. The van der Waals surface area contributed by atoms with E-state index in [1.54, 1.807) is 0 Å². The molecular formula is C21H24N4O4S. The van der Waals surface area contributed by atoms with Crippen LogP contribution < -0.4 is 5.76 Å². The van der Waals surface area contributed by atoms with E-state index in [1.807, 2.05) is 52.1 Å². The summed E-state index contributed by atoms with van der Waals surface area (Å²) in [7, 11) is 0. The number of amides is 1. The third kappa shape index (κ3) is 4.69. The Morgan fingerprint density at radius 2 is 1.97 bits per heavy atom. The van der Waals surface area contributed by atoms with E-state index in [9.17, 15) is 14.7 Å². The zero-order valence-corrected chi connectivity index (χ0v) is 17.3. The first-order valence-corrected chi connectivity index (χ1v) is 10.9. The first-order valence-electron chi connectivity index (χ1n) is 9.95. The zero-order valence-electron chi connectivity index (χ0n) is 16.5. The summed E-state index contributed by atoms with van der Waals surface area (Å²) < 4.78 is 6.19. The second kappa shape index (κ2) is 9.38. The van der Waals surface area contributed by atoms with Crippen LogP contribution in [-0.2, 0) is 6.54 Å². The molecule has 3 aromatic rings. The Hall–Kier alpha value is -2.75. The van der Waals surface area contributed by atoms with Gasteiger partial charge in [-0.2, -0.15) is 11.3 Å². The van der Waals surface area contributed by atoms with Gasteiger partial charge in [-0.1, -0.05) is 35.5 Å². The summed E-state index contributed by atoms with van der Waals surface area (Å²) in [5.41, 5.74) is 1.49. The average molecular weight is 429 g/mol. The van der Waals surface area contributed by atoms with Gasteiger partial charge < -0.3 is 10.0 Å². The van der Waals surface area contributed by atoms with Gasteiger partial charge in [-0.25, -0.2) is 4.79 Å². The maximum absolute atomic E-state index is 12.6. The molecule has 1 aromatic carbocycles. The molecule has 0 aliphatic carbocycles. The summed E-state index contributed by atoms with van der Waals surface area (Å²) in [6.07, 6.45) is 0.0779. The van der Waals surface area contributed by atoms with E-state index in [-0.39, 0.29) is 12.5 Å². The van der Waals surface area contributed by atoms with Crippen molar-refractivity contribution in [1.29, 1.82) is 0 Å². The van der Waals surface area contributed by atoms with Crippen molar-refractivity contribution >= 4 is 17.2 Å². The number of benzene rings is 1. The zero-order chi connectivity index (χ0) is 20.9. The van der Waals surface area contributed by atoms with Crippen LogP contribution in [0.25, 0.3) is 11.4 Å². The van der Waals surface area contributed by atoms with Crippen molar-refractivity contribution in [3.63, 3.8) is 0 Å². The summed E-state index contributed by atoms with van der Waals surface area (Å²) in [6, 6.07) is 11.1. The van der Waals surface area contributed by atoms with Gasteiger partial charge in [-0.15, -0.1) is 0 Å². The number of rotatable bonds is 6. The number of aliphatic hydroxyl groups excluding tert-OH is 1. The Morgan fingerprint density at radius 3 is 2.73 bits per heavy atom. The predicted octanol–water partition coefficient (Wildman–Crippen LogP) is 1.77. The molecule has 0 spiro atoms. The van der Waals surface area contributed by atoms with Gasteiger partial charge in [0.15, 0.2) is 5.82 Å². The minimum atomic E-state index is -0.760. The SMILES string of the molecule is O=C(c1ccsc1)N1CCCN(CC(O)Cn2c(-c3ccccc3)noc2=O)CC1. The molecule has 4 rings (SSSR count). The van der Waals surface area contributed by atoms with E-state index < -0.39 is 11.9 Å². The molecule has 0 bridgehead atoms. The van der Waals surface area contributed by atoms with Crippen LogP contribution in [0.3, 0.4) is 0 Å². The van der Waals surface area contributed by atoms with Crippen LogP contribution in [0.2, 0.25) is 0 Å². The van der Waals surface area contributed by atoms with Gasteiger partial charge in [-0.3, -0.25) is 18.8 Å². The minimum absolute atomic E-state index is 0.0576. The summed E-state index contributed by atoms with van der Waals surface area (Å²) in [6.45, 7) is 3.28. The van der Waals surface area contributed by atoms with Gasteiger partial charge in [0.05, 0.1) is 18.2 Å². The van der Waals surface area contributed by atoms with Gasteiger partial charge in [-0.05, 0) is 24.4 Å². The number of aromatic nitrogens is 2. The number of β-amino-alcohol motifs (C(OH)–C–C–N with tert-alkyl or cyclic N) is 1. The Balaban J connectivity index is 1.36. The molecule has 158 valence electrons. The van der Waals surface area contributed by atoms with Crippen molar-refractivity contribution in [2.45, 2.75) is 19.1 Å². The fraction of sp³-hybridized carbons (Fsp3) is 0.381. The van der Waals surface area contributed by atoms with Crippen molar-refractivity contribution in [2.24, 2.45) is 0 Å². The van der Waals surface area contributed by atoms with Crippen molar-refractivity contribution < 1.29 is 14.4 Å². The summed E-state index contributed by atoms with van der Waals surface area (Å²) in [5.74, 6) is -0.124. The van der Waals surface area contributed by atoms with Crippen LogP contribution in [0.15, 0.2) is 56.5 Å². The minimum Gasteiger partial charge on any atom is -0.390 e. The summed E-state index contributed by atoms with van der Waals surface area (Å²) in [5, 5.41) is 18.3. The van der Waals surface area contributed by atoms with Crippen molar-refractivity contribution in [1.82, 2.24) is 19.5 Å². The molecule has 2 aromatic heterocycles. The van der Waals surface area contributed by atoms with Crippen LogP contribution >= 0.6 is 11.3 Å². The lowest BCUT2D eigenvalue weighted by Gasteiger charge is -2.24. The van der Waals surface area contributed by atoms with E-state index in [1.165, 1.54) is 15.9 Å². The van der Waals surface area contributed by atoms with Crippen molar-refractivity contribution in [3.8, 4) is 11.4 Å². The largest absolute Gasteiger partial charge is 0.441 e. The molecule has 1 unspecified atom stereocenters. The Bertz CT molecular complexity index is 1020. The summed E-state index contributed by atoms with van der Waals surface area (Å²) >= 11 is 1.52. The van der Waals surface area contributed by atoms with E-state index in [4.69, 9.17) is 4.52 Å². The number of aliphatic hydroxyl groups is 1. The lowest BCUT2D eigenvalue weighted by Crippen LogP contribution is -2.39. The van der Waals surface area contributed by atoms with Crippen LogP contribution in [-0.4, -0.2) is 69.4 Å². The topological polar surface area (TPSA) is 91.8 Å². The maximum Gasteiger partial charge on any atom is 0.441 e. The van der Waals surface area contributed by atoms with E-state index in [0.717, 1.165) is 24.1 Å². The quantitative estimate of drug-likeness (QED) is 0.643. The van der Waals surface area contributed by atoms with E-state index in [0.29, 0.717) is 32.0 Å². The third-order valence-electron chi connectivity index (χ3n) is 5.22. The molecule has 1 amide bonds. The highest BCUT2D eigenvalue weighted by atomic mass is 32.1. The number of thiophene rings is 1. The highest BCUT2D eigenvalue weighted by Crippen LogP contribution is 2.16. The summed E-state index contributed by atoms with van der Waals surface area (Å²) in [4.78, 5) is 28.7. The van der Waals surface area contributed by atoms with Crippen LogP contribution in [0.5, 0.6) is 0 Å². The van der Waals surface area contributed by atoms with Gasteiger partial charge in [0, 0.05) is 37.1 Å². The second-order valence-corrected chi connectivity index (χ2v) is 8.14. The lowest BCUT2D eigenvalue weighted by atomic mass is 10.2. The Kier molecular flexibility index (Phi) is 6.41. The first kappa shape index (κ1) is 20.5. The monoisotopic (exact) mass is 428 g/mol. The van der Waals surface area contributed by atoms with Crippen LogP contribution in [0.1, 0.15) is 16.8 Å². The van der Waals surface area contributed by atoms with E-state index in [2.05, 4.69) is 10.1 Å². The molecule has 8 nitrogen and oxygen atoms in total.